The third kappa shape index (κ3) is 2.47. The number of thiazole rings is 2. The molecule has 1 N–H and O–H groups in total. The van der Waals surface area contributed by atoms with Crippen LogP contribution in [-0.4, -0.2) is 15.9 Å². The highest BCUT2D eigenvalue weighted by Gasteiger charge is 2.16. The summed E-state index contributed by atoms with van der Waals surface area (Å²) in [7, 11) is 0. The third-order valence-corrected chi connectivity index (χ3v) is 4.53. The minimum atomic E-state index is -0.278. The minimum Gasteiger partial charge on any atom is -0.296 e. The van der Waals surface area contributed by atoms with Gasteiger partial charge in [-0.1, -0.05) is 35.1 Å². The molecule has 7 heteroatoms. The Labute approximate surface area is 122 Å². The lowest BCUT2D eigenvalue weighted by Gasteiger charge is -1.98. The maximum atomic E-state index is 12.1. The summed E-state index contributed by atoms with van der Waals surface area (Å²) < 4.78 is 1.40. The van der Waals surface area contributed by atoms with Crippen LogP contribution in [0.2, 0.25) is 4.47 Å². The van der Waals surface area contributed by atoms with Gasteiger partial charge in [-0.3, -0.25) is 10.1 Å². The second kappa shape index (κ2) is 4.88. The number of hydrogen-bond acceptors (Lipinski definition) is 5. The van der Waals surface area contributed by atoms with E-state index in [1.54, 1.807) is 0 Å². The van der Waals surface area contributed by atoms with Crippen molar-refractivity contribution in [3.63, 3.8) is 0 Å². The molecular weight excluding hydrogens is 302 g/mol. The van der Waals surface area contributed by atoms with Crippen molar-refractivity contribution in [3.8, 4) is 0 Å². The molecule has 4 nitrogen and oxygen atoms in total. The smallest absolute Gasteiger partial charge is 0.277 e. The van der Waals surface area contributed by atoms with Crippen LogP contribution in [0, 0.1) is 6.92 Å². The first-order valence-corrected chi connectivity index (χ1v) is 7.44. The van der Waals surface area contributed by atoms with Crippen LogP contribution in [0.4, 0.5) is 5.13 Å². The number of rotatable bonds is 2. The number of anilines is 1. The number of aromatic nitrogens is 2. The predicted octanol–water partition coefficient (Wildman–Crippen LogP) is 3.97. The molecule has 0 aliphatic rings. The number of amides is 1. The van der Waals surface area contributed by atoms with Gasteiger partial charge in [0.25, 0.3) is 5.91 Å². The molecule has 1 amide bonds. The van der Waals surface area contributed by atoms with Crippen LogP contribution >= 0.6 is 34.3 Å². The summed E-state index contributed by atoms with van der Waals surface area (Å²) in [5, 5.41) is 3.32. The SMILES string of the molecule is Cc1sc(Cl)nc1C(=O)Nc1nc2ccccc2s1. The average Bonchev–Trinajstić information content (AvgIpc) is 2.91. The molecule has 0 aliphatic heterocycles. The fourth-order valence-electron chi connectivity index (χ4n) is 1.66. The maximum Gasteiger partial charge on any atom is 0.277 e. The topological polar surface area (TPSA) is 54.9 Å². The van der Waals surface area contributed by atoms with Crippen molar-refractivity contribution in [3.05, 3.63) is 39.3 Å². The lowest BCUT2D eigenvalue weighted by atomic mass is 10.3. The summed E-state index contributed by atoms with van der Waals surface area (Å²) in [6.07, 6.45) is 0. The van der Waals surface area contributed by atoms with Gasteiger partial charge in [-0.25, -0.2) is 9.97 Å². The van der Waals surface area contributed by atoms with E-state index in [1.165, 1.54) is 22.7 Å². The van der Waals surface area contributed by atoms with E-state index in [9.17, 15) is 4.79 Å². The van der Waals surface area contributed by atoms with Gasteiger partial charge in [0.15, 0.2) is 9.60 Å². The molecule has 0 spiro atoms. The van der Waals surface area contributed by atoms with E-state index < -0.39 is 0 Å². The van der Waals surface area contributed by atoms with E-state index in [1.807, 2.05) is 31.2 Å². The fourth-order valence-corrected chi connectivity index (χ4v) is 3.57. The third-order valence-electron chi connectivity index (χ3n) is 2.50. The quantitative estimate of drug-likeness (QED) is 0.779. The summed E-state index contributed by atoms with van der Waals surface area (Å²) in [6, 6.07) is 7.73. The van der Waals surface area contributed by atoms with E-state index in [4.69, 9.17) is 11.6 Å². The number of carbonyl (C=O) groups is 1. The average molecular weight is 310 g/mol. The van der Waals surface area contributed by atoms with Crippen molar-refractivity contribution in [1.29, 1.82) is 0 Å². The summed E-state index contributed by atoms with van der Waals surface area (Å²) in [5.74, 6) is -0.278. The number of nitrogens with zero attached hydrogens (tertiary/aromatic N) is 2. The molecule has 0 unspecified atom stereocenters. The van der Waals surface area contributed by atoms with Gasteiger partial charge in [-0.2, -0.15) is 0 Å². The van der Waals surface area contributed by atoms with Crippen molar-refractivity contribution in [2.24, 2.45) is 0 Å². The molecule has 0 fully saturated rings. The van der Waals surface area contributed by atoms with Gasteiger partial charge < -0.3 is 0 Å². The van der Waals surface area contributed by atoms with Gasteiger partial charge in [0.1, 0.15) is 5.69 Å². The van der Waals surface area contributed by atoms with Crippen LogP contribution in [0.3, 0.4) is 0 Å². The lowest BCUT2D eigenvalue weighted by molar-refractivity contribution is 0.102. The Bertz CT molecular complexity index is 732. The second-order valence-electron chi connectivity index (χ2n) is 3.81. The molecule has 0 aliphatic carbocycles. The number of halogens is 1. The molecule has 0 atom stereocenters. The molecular formula is C12H8ClN3OS2. The van der Waals surface area contributed by atoms with Crippen LogP contribution in [0.1, 0.15) is 15.4 Å². The number of carbonyl (C=O) groups excluding carboxylic acids is 1. The van der Waals surface area contributed by atoms with Crippen LogP contribution in [0.15, 0.2) is 24.3 Å². The van der Waals surface area contributed by atoms with Gasteiger partial charge in [0.05, 0.1) is 10.2 Å². The first-order chi connectivity index (χ1) is 9.13. The molecule has 0 radical (unpaired) electrons. The predicted molar refractivity (Wildman–Crippen MR) is 79.4 cm³/mol. The Balaban J connectivity index is 1.88. The van der Waals surface area contributed by atoms with Crippen molar-refractivity contribution in [1.82, 2.24) is 9.97 Å². The number of hydrogen-bond donors (Lipinski definition) is 1. The zero-order chi connectivity index (χ0) is 13.4. The van der Waals surface area contributed by atoms with Crippen molar-refractivity contribution in [2.45, 2.75) is 6.92 Å². The van der Waals surface area contributed by atoms with E-state index in [0.29, 0.717) is 15.3 Å². The van der Waals surface area contributed by atoms with Gasteiger partial charge in [0, 0.05) is 4.88 Å². The summed E-state index contributed by atoms with van der Waals surface area (Å²) in [4.78, 5) is 21.2. The number of para-hydroxylation sites is 1. The summed E-state index contributed by atoms with van der Waals surface area (Å²) in [5.41, 5.74) is 1.23. The molecule has 96 valence electrons. The number of nitrogens with one attached hydrogen (secondary N) is 1. The Hall–Kier alpha value is -1.50. The Morgan fingerprint density at radius 1 is 1.26 bits per heavy atom. The van der Waals surface area contributed by atoms with Crippen LogP contribution in [0.25, 0.3) is 10.2 Å². The van der Waals surface area contributed by atoms with Crippen LogP contribution in [0.5, 0.6) is 0 Å². The lowest BCUT2D eigenvalue weighted by Crippen LogP contribution is -2.13. The van der Waals surface area contributed by atoms with Crippen LogP contribution < -0.4 is 5.32 Å². The maximum absolute atomic E-state index is 12.1. The molecule has 3 aromatic rings. The molecule has 19 heavy (non-hydrogen) atoms. The number of benzene rings is 1. The van der Waals surface area contributed by atoms with E-state index in [2.05, 4.69) is 15.3 Å². The monoisotopic (exact) mass is 309 g/mol. The van der Waals surface area contributed by atoms with Gasteiger partial charge in [-0.05, 0) is 19.1 Å². The molecule has 2 heterocycles. The molecule has 1 aromatic carbocycles. The second-order valence-corrected chi connectivity index (χ2v) is 6.63. The normalized spacial score (nSPS) is 10.8. The zero-order valence-electron chi connectivity index (χ0n) is 9.81. The van der Waals surface area contributed by atoms with Crippen molar-refractivity contribution in [2.75, 3.05) is 5.32 Å². The van der Waals surface area contributed by atoms with Gasteiger partial charge >= 0.3 is 0 Å². The molecule has 3 rings (SSSR count). The fraction of sp³-hybridized carbons (Fsp3) is 0.0833. The van der Waals surface area contributed by atoms with E-state index in [-0.39, 0.29) is 5.91 Å². The highest BCUT2D eigenvalue weighted by molar-refractivity contribution is 7.22. The Morgan fingerprint density at radius 3 is 2.74 bits per heavy atom. The first kappa shape index (κ1) is 12.5. The number of aryl methyl sites for hydroxylation is 1. The minimum absolute atomic E-state index is 0.278. The highest BCUT2D eigenvalue weighted by Crippen LogP contribution is 2.27. The zero-order valence-corrected chi connectivity index (χ0v) is 12.2. The van der Waals surface area contributed by atoms with Crippen molar-refractivity contribution >= 4 is 55.5 Å². The molecule has 0 bridgehead atoms. The Morgan fingerprint density at radius 2 is 2.05 bits per heavy atom. The van der Waals surface area contributed by atoms with Gasteiger partial charge in [-0.15, -0.1) is 11.3 Å². The molecule has 0 saturated heterocycles. The van der Waals surface area contributed by atoms with E-state index in [0.717, 1.165) is 15.1 Å². The largest absolute Gasteiger partial charge is 0.296 e. The Kier molecular flexibility index (Phi) is 3.22. The number of fused-ring (bicyclic) bond motifs is 1. The summed E-state index contributed by atoms with van der Waals surface area (Å²) in [6.45, 7) is 1.82. The van der Waals surface area contributed by atoms with Crippen molar-refractivity contribution < 1.29 is 4.79 Å². The summed E-state index contributed by atoms with van der Waals surface area (Å²) >= 11 is 8.51. The van der Waals surface area contributed by atoms with Gasteiger partial charge in [0.2, 0.25) is 0 Å². The van der Waals surface area contributed by atoms with Crippen LogP contribution in [-0.2, 0) is 0 Å². The first-order valence-electron chi connectivity index (χ1n) is 5.43. The highest BCUT2D eigenvalue weighted by atomic mass is 35.5. The molecule has 0 saturated carbocycles. The standard InChI is InChI=1S/C12H8ClN3OS2/c1-6-9(15-11(13)18-6)10(17)16-12-14-7-4-2-3-5-8(7)19-12/h2-5H,1H3,(H,14,16,17). The molecule has 2 aromatic heterocycles. The van der Waals surface area contributed by atoms with E-state index >= 15 is 0 Å².